The standard InChI is InChI=1S/C9H5Cl3N4.H4N2O/c10-5-3-1-2-4-6(5)13-9-15-7(11)14-8(12)16-9;1-3-2/h1-4H,(H,13,14,15,16);1-2H2. The van der Waals surface area contributed by atoms with E-state index in [2.05, 4.69) is 37.0 Å². The van der Waals surface area contributed by atoms with Crippen LogP contribution in [0.5, 0.6) is 0 Å². The van der Waals surface area contributed by atoms with Gasteiger partial charge >= 0.3 is 0 Å². The summed E-state index contributed by atoms with van der Waals surface area (Å²) in [5, 5.41) is 3.49. The van der Waals surface area contributed by atoms with E-state index < -0.39 is 0 Å². The van der Waals surface area contributed by atoms with Crippen LogP contribution < -0.4 is 17.1 Å². The molecule has 0 amide bonds. The van der Waals surface area contributed by atoms with Gasteiger partial charge in [-0.2, -0.15) is 26.7 Å². The molecule has 0 unspecified atom stereocenters. The van der Waals surface area contributed by atoms with Gasteiger partial charge in [-0.3, -0.25) is 0 Å². The maximum absolute atomic E-state index is 5.95. The summed E-state index contributed by atoms with van der Waals surface area (Å²) < 4.78 is 0. The molecule has 0 aliphatic rings. The molecular weight excluding hydrogens is 314 g/mol. The largest absolute Gasteiger partial charge is 0.323 e. The van der Waals surface area contributed by atoms with Crippen molar-refractivity contribution in [2.45, 2.75) is 0 Å². The average molecular weight is 324 g/mol. The number of para-hydroxylation sites is 1. The third-order valence-electron chi connectivity index (χ3n) is 1.70. The molecule has 0 saturated heterocycles. The van der Waals surface area contributed by atoms with E-state index in [1.54, 1.807) is 12.1 Å². The van der Waals surface area contributed by atoms with Crippen molar-refractivity contribution in [2.24, 2.45) is 11.8 Å². The molecule has 0 radical (unpaired) electrons. The van der Waals surface area contributed by atoms with Crippen LogP contribution in [-0.4, -0.2) is 15.0 Å². The molecule has 2 rings (SSSR count). The lowest BCUT2D eigenvalue weighted by molar-refractivity contribution is 0.142. The van der Waals surface area contributed by atoms with Crippen molar-refractivity contribution in [1.82, 2.24) is 15.0 Å². The monoisotopic (exact) mass is 322 g/mol. The molecule has 102 valence electrons. The van der Waals surface area contributed by atoms with Gasteiger partial charge in [0.25, 0.3) is 0 Å². The number of benzene rings is 1. The zero-order chi connectivity index (χ0) is 14.3. The van der Waals surface area contributed by atoms with Crippen LogP contribution in [0.15, 0.2) is 24.3 Å². The van der Waals surface area contributed by atoms with Crippen LogP contribution in [0, 0.1) is 0 Å². The summed E-state index contributed by atoms with van der Waals surface area (Å²) in [7, 11) is 0. The summed E-state index contributed by atoms with van der Waals surface area (Å²) in [5.41, 5.74) is 0.669. The van der Waals surface area contributed by atoms with E-state index in [0.29, 0.717) is 10.7 Å². The highest BCUT2D eigenvalue weighted by Crippen LogP contribution is 2.23. The summed E-state index contributed by atoms with van der Waals surface area (Å²) in [6.45, 7) is 0. The highest BCUT2D eigenvalue weighted by molar-refractivity contribution is 6.33. The Labute approximate surface area is 123 Å². The third-order valence-corrected chi connectivity index (χ3v) is 2.37. The third kappa shape index (κ3) is 5.52. The smallest absolute Gasteiger partial charge is 0.232 e. The van der Waals surface area contributed by atoms with E-state index in [0.717, 1.165) is 0 Å². The molecule has 7 nitrogen and oxygen atoms in total. The van der Waals surface area contributed by atoms with Gasteiger partial charge in [-0.25, -0.2) is 4.94 Å². The topological polar surface area (TPSA) is 112 Å². The highest BCUT2D eigenvalue weighted by Gasteiger charge is 2.05. The molecule has 0 saturated carbocycles. The fraction of sp³-hybridized carbons (Fsp3) is 0. The van der Waals surface area contributed by atoms with Crippen LogP contribution in [0.25, 0.3) is 0 Å². The lowest BCUT2D eigenvalue weighted by atomic mass is 10.3. The van der Waals surface area contributed by atoms with Crippen molar-refractivity contribution in [1.29, 1.82) is 0 Å². The van der Waals surface area contributed by atoms with Gasteiger partial charge in [0.2, 0.25) is 16.5 Å². The summed E-state index contributed by atoms with van der Waals surface area (Å²) in [5.74, 6) is 8.50. The average Bonchev–Trinajstić information content (AvgIpc) is 2.32. The van der Waals surface area contributed by atoms with Crippen LogP contribution in [0.2, 0.25) is 15.6 Å². The van der Waals surface area contributed by atoms with Crippen molar-refractivity contribution in [3.63, 3.8) is 0 Å². The maximum Gasteiger partial charge on any atom is 0.232 e. The van der Waals surface area contributed by atoms with Crippen LogP contribution in [0.1, 0.15) is 0 Å². The zero-order valence-electron chi connectivity index (χ0n) is 9.35. The van der Waals surface area contributed by atoms with Crippen molar-refractivity contribution < 1.29 is 4.94 Å². The Balaban J connectivity index is 0.000000550. The molecule has 0 spiro atoms. The lowest BCUT2D eigenvalue weighted by Crippen LogP contribution is -2.03. The first-order valence-corrected chi connectivity index (χ1v) is 5.84. The Bertz CT molecular complexity index is 521. The quantitative estimate of drug-likeness (QED) is 0.727. The zero-order valence-corrected chi connectivity index (χ0v) is 11.6. The summed E-state index contributed by atoms with van der Waals surface area (Å²) in [6.07, 6.45) is 0. The van der Waals surface area contributed by atoms with Gasteiger partial charge in [0, 0.05) is 0 Å². The molecule has 1 heterocycles. The van der Waals surface area contributed by atoms with Crippen LogP contribution in [0.3, 0.4) is 0 Å². The number of hydrogen-bond acceptors (Lipinski definition) is 7. The first kappa shape index (κ1) is 15.8. The van der Waals surface area contributed by atoms with Crippen molar-refractivity contribution >= 4 is 46.4 Å². The van der Waals surface area contributed by atoms with Crippen LogP contribution in [0.4, 0.5) is 11.6 Å². The van der Waals surface area contributed by atoms with Gasteiger partial charge in [-0.05, 0) is 35.3 Å². The number of nitrogens with two attached hydrogens (primary N) is 2. The van der Waals surface area contributed by atoms with Crippen LogP contribution in [-0.2, 0) is 4.94 Å². The summed E-state index contributed by atoms with van der Waals surface area (Å²) >= 11 is 17.2. The van der Waals surface area contributed by atoms with Crippen molar-refractivity contribution in [3.8, 4) is 0 Å². The molecule has 0 aliphatic carbocycles. The minimum Gasteiger partial charge on any atom is -0.323 e. The first-order valence-electron chi connectivity index (χ1n) is 4.71. The van der Waals surface area contributed by atoms with Crippen LogP contribution >= 0.6 is 34.8 Å². The van der Waals surface area contributed by atoms with E-state index >= 15 is 0 Å². The van der Waals surface area contributed by atoms with Gasteiger partial charge in [0.05, 0.1) is 10.7 Å². The molecule has 1 aromatic carbocycles. The summed E-state index contributed by atoms with van der Waals surface area (Å²) in [6, 6.07) is 7.18. The molecule has 2 aromatic rings. The minimum atomic E-state index is 0.0227. The van der Waals surface area contributed by atoms with Gasteiger partial charge in [-0.15, -0.1) is 0 Å². The maximum atomic E-state index is 5.95. The molecule has 0 bridgehead atoms. The number of nitrogens with zero attached hydrogens (tertiary/aromatic N) is 3. The second-order valence-corrected chi connectivity index (χ2v) is 4.02. The minimum absolute atomic E-state index is 0.0227. The van der Waals surface area contributed by atoms with Crippen molar-refractivity contribution in [2.75, 3.05) is 5.32 Å². The van der Waals surface area contributed by atoms with Gasteiger partial charge in [0.15, 0.2) is 0 Å². The molecular formula is C9H9Cl3N6O. The molecule has 0 fully saturated rings. The molecule has 0 atom stereocenters. The first-order chi connectivity index (χ1) is 9.06. The number of anilines is 2. The van der Waals surface area contributed by atoms with Gasteiger partial charge < -0.3 is 5.32 Å². The van der Waals surface area contributed by atoms with E-state index in [-0.39, 0.29) is 16.5 Å². The van der Waals surface area contributed by atoms with E-state index in [4.69, 9.17) is 34.8 Å². The van der Waals surface area contributed by atoms with E-state index in [9.17, 15) is 0 Å². The van der Waals surface area contributed by atoms with Gasteiger partial charge in [-0.1, -0.05) is 23.7 Å². The fourth-order valence-corrected chi connectivity index (χ4v) is 1.61. The predicted octanol–water partition coefficient (Wildman–Crippen LogP) is 2.33. The molecule has 5 N–H and O–H groups in total. The lowest BCUT2D eigenvalue weighted by Gasteiger charge is -2.06. The normalized spacial score (nSPS) is 9.53. The molecule has 0 aliphatic heterocycles. The Hall–Kier alpha value is -1.22. The Morgan fingerprint density at radius 1 is 0.947 bits per heavy atom. The Morgan fingerprint density at radius 3 is 2.00 bits per heavy atom. The predicted molar refractivity (Wildman–Crippen MR) is 74.0 cm³/mol. The highest BCUT2D eigenvalue weighted by atomic mass is 35.5. The number of rotatable bonds is 2. The second kappa shape index (κ2) is 8.05. The number of nitrogens with one attached hydrogen (secondary N) is 1. The number of halogens is 3. The number of aromatic nitrogens is 3. The molecule has 1 aromatic heterocycles. The second-order valence-electron chi connectivity index (χ2n) is 2.94. The van der Waals surface area contributed by atoms with E-state index in [1.165, 1.54) is 0 Å². The van der Waals surface area contributed by atoms with Gasteiger partial charge in [0.1, 0.15) is 0 Å². The van der Waals surface area contributed by atoms with Crippen molar-refractivity contribution in [3.05, 3.63) is 39.9 Å². The van der Waals surface area contributed by atoms with E-state index in [1.807, 2.05) is 12.1 Å². The molecule has 19 heavy (non-hydrogen) atoms. The summed E-state index contributed by atoms with van der Waals surface area (Å²) in [4.78, 5) is 14.6. The Kier molecular flexibility index (Phi) is 6.71. The SMILES string of the molecule is Clc1nc(Cl)nc(Nc2ccccc2Cl)n1.NON. The molecule has 10 heteroatoms. The number of hydrogen-bond donors (Lipinski definition) is 3. The Morgan fingerprint density at radius 2 is 1.47 bits per heavy atom. The fourth-order valence-electron chi connectivity index (χ4n) is 1.06.